The highest BCUT2D eigenvalue weighted by Crippen LogP contribution is 2.29. The van der Waals surface area contributed by atoms with Crippen LogP contribution < -0.4 is 0 Å². The predicted octanol–water partition coefficient (Wildman–Crippen LogP) is 2.64. The Kier molecular flexibility index (Phi) is 4.93. The lowest BCUT2D eigenvalue weighted by atomic mass is 9.88. The average Bonchev–Trinajstić information content (AvgIpc) is 2.85. The van der Waals surface area contributed by atoms with E-state index in [1.807, 2.05) is 6.92 Å². The molecule has 0 bridgehead atoms. The summed E-state index contributed by atoms with van der Waals surface area (Å²) in [6.45, 7) is 3.77. The van der Waals surface area contributed by atoms with Gasteiger partial charge in [-0.15, -0.1) is 0 Å². The van der Waals surface area contributed by atoms with E-state index in [-0.39, 0.29) is 22.6 Å². The molecule has 1 fully saturated rings. The molecule has 118 valence electrons. The highest BCUT2D eigenvalue weighted by atomic mass is 35.7. The van der Waals surface area contributed by atoms with Gasteiger partial charge in [0.2, 0.25) is 0 Å². The molecule has 1 aromatic heterocycles. The first-order chi connectivity index (χ1) is 9.84. The van der Waals surface area contributed by atoms with E-state index in [4.69, 9.17) is 15.4 Å². The number of rotatable bonds is 4. The molecule has 2 rings (SSSR count). The third-order valence-electron chi connectivity index (χ3n) is 3.87. The number of carbonyl (C=O) groups is 1. The van der Waals surface area contributed by atoms with Gasteiger partial charge in [-0.1, -0.05) is 20.3 Å². The zero-order valence-corrected chi connectivity index (χ0v) is 13.6. The second-order valence-corrected chi connectivity index (χ2v) is 7.88. The van der Waals surface area contributed by atoms with Crippen LogP contribution in [0.5, 0.6) is 0 Å². The van der Waals surface area contributed by atoms with Gasteiger partial charge in [0.25, 0.3) is 9.05 Å². The van der Waals surface area contributed by atoms with Crippen LogP contribution in [0.15, 0.2) is 4.90 Å². The summed E-state index contributed by atoms with van der Waals surface area (Å²) in [5.74, 6) is -0.465. The molecule has 1 saturated carbocycles. The zero-order valence-electron chi connectivity index (χ0n) is 12.1. The first-order valence-electron chi connectivity index (χ1n) is 7.07. The molecule has 6 nitrogen and oxygen atoms in total. The van der Waals surface area contributed by atoms with E-state index in [0.29, 0.717) is 12.1 Å². The van der Waals surface area contributed by atoms with Gasteiger partial charge >= 0.3 is 5.97 Å². The van der Waals surface area contributed by atoms with E-state index in [0.717, 1.165) is 25.7 Å². The Morgan fingerprint density at radius 1 is 1.43 bits per heavy atom. The van der Waals surface area contributed by atoms with Crippen LogP contribution in [0.4, 0.5) is 0 Å². The largest absolute Gasteiger partial charge is 0.457 e. The lowest BCUT2D eigenvalue weighted by Gasteiger charge is -2.28. The first-order valence-corrected chi connectivity index (χ1v) is 9.38. The summed E-state index contributed by atoms with van der Waals surface area (Å²) >= 11 is 0. The quantitative estimate of drug-likeness (QED) is 0.675. The average molecular weight is 335 g/mol. The fourth-order valence-corrected chi connectivity index (χ4v) is 4.00. The van der Waals surface area contributed by atoms with Crippen LogP contribution in [0.3, 0.4) is 0 Å². The van der Waals surface area contributed by atoms with Crippen molar-refractivity contribution in [2.24, 2.45) is 5.92 Å². The number of hydrogen-bond donors (Lipinski definition) is 1. The maximum Gasteiger partial charge on any atom is 0.360 e. The molecule has 1 heterocycles. The van der Waals surface area contributed by atoms with E-state index in [1.165, 1.54) is 0 Å². The number of aryl methyl sites for hydroxylation is 1. The summed E-state index contributed by atoms with van der Waals surface area (Å²) in [5.41, 5.74) is 0.0632. The second-order valence-electron chi connectivity index (χ2n) is 5.38. The summed E-state index contributed by atoms with van der Waals surface area (Å²) in [4.78, 5) is 12.0. The second kappa shape index (κ2) is 6.36. The minimum Gasteiger partial charge on any atom is -0.457 e. The Balaban J connectivity index is 2.25. The minimum absolute atomic E-state index is 0.195. The molecular weight excluding hydrogens is 316 g/mol. The standard InChI is InChI=1S/C13H19ClN2O4S/c1-3-9-12(21(14,18)19)11(16-15-9)13(17)20-10-7-5-4-6-8(10)2/h8,10H,3-7H2,1-2H3,(H,15,16). The number of nitrogens with one attached hydrogen (secondary N) is 1. The number of ether oxygens (including phenoxy) is 1. The van der Waals surface area contributed by atoms with Gasteiger partial charge in [-0.25, -0.2) is 13.2 Å². The van der Waals surface area contributed by atoms with E-state index < -0.39 is 15.0 Å². The summed E-state index contributed by atoms with van der Waals surface area (Å²) in [6.07, 6.45) is 4.10. The summed E-state index contributed by atoms with van der Waals surface area (Å²) in [6, 6.07) is 0. The number of H-pyrrole nitrogens is 1. The smallest absolute Gasteiger partial charge is 0.360 e. The number of halogens is 1. The van der Waals surface area contributed by atoms with E-state index in [2.05, 4.69) is 10.2 Å². The predicted molar refractivity (Wildman–Crippen MR) is 77.8 cm³/mol. The lowest BCUT2D eigenvalue weighted by Crippen LogP contribution is -2.28. The molecule has 1 aliphatic carbocycles. The van der Waals surface area contributed by atoms with Gasteiger partial charge in [0.1, 0.15) is 11.0 Å². The summed E-state index contributed by atoms with van der Waals surface area (Å²) in [7, 11) is 1.35. The monoisotopic (exact) mass is 334 g/mol. The van der Waals surface area contributed by atoms with Crippen LogP contribution >= 0.6 is 10.7 Å². The maximum atomic E-state index is 12.2. The third-order valence-corrected chi connectivity index (χ3v) is 5.26. The van der Waals surface area contributed by atoms with Crippen LogP contribution in [-0.2, 0) is 20.2 Å². The molecule has 0 aliphatic heterocycles. The zero-order chi connectivity index (χ0) is 15.6. The topological polar surface area (TPSA) is 89.1 Å². The van der Waals surface area contributed by atoms with E-state index >= 15 is 0 Å². The molecule has 1 N–H and O–H groups in total. The lowest BCUT2D eigenvalue weighted by molar-refractivity contribution is 0.00380. The number of carbonyl (C=O) groups excluding carboxylic acids is 1. The van der Waals surface area contributed by atoms with Crippen molar-refractivity contribution in [2.75, 3.05) is 0 Å². The van der Waals surface area contributed by atoms with Crippen LogP contribution in [0, 0.1) is 5.92 Å². The van der Waals surface area contributed by atoms with Gasteiger partial charge in [-0.3, -0.25) is 5.10 Å². The molecule has 0 saturated heterocycles. The van der Waals surface area contributed by atoms with Crippen molar-refractivity contribution in [3.63, 3.8) is 0 Å². The fourth-order valence-electron chi connectivity index (χ4n) is 2.66. The van der Waals surface area contributed by atoms with Gasteiger partial charge in [-0.05, 0) is 31.6 Å². The van der Waals surface area contributed by atoms with Crippen molar-refractivity contribution < 1.29 is 17.9 Å². The SMILES string of the molecule is CCc1[nH]nc(C(=O)OC2CCCCC2C)c1S(=O)(=O)Cl. The van der Waals surface area contributed by atoms with Gasteiger partial charge in [-0.2, -0.15) is 5.10 Å². The normalized spacial score (nSPS) is 23.0. The Labute approximate surface area is 128 Å². The number of esters is 1. The Bertz CT molecular complexity index is 626. The minimum atomic E-state index is -4.05. The molecule has 2 atom stereocenters. The van der Waals surface area contributed by atoms with E-state index in [9.17, 15) is 13.2 Å². The molecule has 0 amide bonds. The first kappa shape index (κ1) is 16.3. The van der Waals surface area contributed by atoms with Gasteiger partial charge < -0.3 is 4.74 Å². The Morgan fingerprint density at radius 2 is 2.10 bits per heavy atom. The van der Waals surface area contributed by atoms with Gasteiger partial charge in [0.05, 0.1) is 5.69 Å². The number of aromatic amines is 1. The highest BCUT2D eigenvalue weighted by Gasteiger charge is 2.32. The summed E-state index contributed by atoms with van der Waals surface area (Å²) < 4.78 is 28.7. The van der Waals surface area contributed by atoms with Crippen LogP contribution in [-0.4, -0.2) is 30.7 Å². The maximum absolute atomic E-state index is 12.2. The van der Waals surface area contributed by atoms with Crippen LogP contribution in [0.2, 0.25) is 0 Å². The van der Waals surface area contributed by atoms with Crippen molar-refractivity contribution in [3.8, 4) is 0 Å². The van der Waals surface area contributed by atoms with Crippen LogP contribution in [0.1, 0.15) is 55.7 Å². The van der Waals surface area contributed by atoms with Gasteiger partial charge in [0, 0.05) is 10.7 Å². The molecular formula is C13H19ClN2O4S. The van der Waals surface area contributed by atoms with Crippen molar-refractivity contribution in [3.05, 3.63) is 11.4 Å². The molecule has 1 aromatic rings. The molecule has 0 aromatic carbocycles. The van der Waals surface area contributed by atoms with Crippen molar-refractivity contribution in [2.45, 2.75) is 57.0 Å². The van der Waals surface area contributed by atoms with Gasteiger partial charge in [0.15, 0.2) is 5.69 Å². The van der Waals surface area contributed by atoms with E-state index in [1.54, 1.807) is 6.92 Å². The highest BCUT2D eigenvalue weighted by molar-refractivity contribution is 8.13. The molecule has 21 heavy (non-hydrogen) atoms. The molecule has 8 heteroatoms. The Morgan fingerprint density at radius 3 is 2.67 bits per heavy atom. The van der Waals surface area contributed by atoms with Crippen molar-refractivity contribution in [1.82, 2.24) is 10.2 Å². The molecule has 0 spiro atoms. The van der Waals surface area contributed by atoms with Crippen molar-refractivity contribution >= 4 is 25.7 Å². The third kappa shape index (κ3) is 3.58. The molecule has 0 radical (unpaired) electrons. The number of aromatic nitrogens is 2. The number of hydrogen-bond acceptors (Lipinski definition) is 5. The molecule has 1 aliphatic rings. The Hall–Kier alpha value is -1.08. The molecule has 2 unspecified atom stereocenters. The van der Waals surface area contributed by atoms with Crippen molar-refractivity contribution in [1.29, 1.82) is 0 Å². The summed E-state index contributed by atoms with van der Waals surface area (Å²) in [5, 5.41) is 6.33. The van der Waals surface area contributed by atoms with Crippen LogP contribution in [0.25, 0.3) is 0 Å². The number of nitrogens with zero attached hydrogens (tertiary/aromatic N) is 1. The fraction of sp³-hybridized carbons (Fsp3) is 0.692.